The number of nitrogen functional groups attached to an aromatic ring is 1. The molecule has 4 heteroatoms. The van der Waals surface area contributed by atoms with Crippen molar-refractivity contribution in [3.63, 3.8) is 0 Å². The Labute approximate surface area is 143 Å². The fraction of sp³-hybridized carbons (Fsp3) is 0.105. The number of aryl methyl sites for hydroxylation is 1. The van der Waals surface area contributed by atoms with E-state index in [-0.39, 0.29) is 0 Å². The third-order valence-electron chi connectivity index (χ3n) is 3.95. The number of allylic oxidation sites excluding steroid dienone is 6. The van der Waals surface area contributed by atoms with Crippen LogP contribution in [0.1, 0.15) is 16.9 Å². The SMILES string of the molecule is Cc1sc2nc(-c3cccs3)cc(C3=CC=CCC=C3)c2c1N. The monoisotopic (exact) mass is 336 g/mol. The summed E-state index contributed by atoms with van der Waals surface area (Å²) < 4.78 is 0. The topological polar surface area (TPSA) is 38.9 Å². The number of aromatic nitrogens is 1. The third-order valence-corrected chi connectivity index (χ3v) is 5.86. The second-order valence-electron chi connectivity index (χ2n) is 5.47. The van der Waals surface area contributed by atoms with Gasteiger partial charge in [0.2, 0.25) is 0 Å². The van der Waals surface area contributed by atoms with Crippen molar-refractivity contribution in [1.82, 2.24) is 4.98 Å². The van der Waals surface area contributed by atoms with Crippen molar-refractivity contribution in [1.29, 1.82) is 0 Å². The van der Waals surface area contributed by atoms with Crippen molar-refractivity contribution in [2.75, 3.05) is 5.73 Å². The number of hydrogen-bond acceptors (Lipinski definition) is 4. The highest BCUT2D eigenvalue weighted by molar-refractivity contribution is 7.19. The van der Waals surface area contributed by atoms with Crippen molar-refractivity contribution < 1.29 is 0 Å². The minimum atomic E-state index is 0.854. The average molecular weight is 336 g/mol. The van der Waals surface area contributed by atoms with Crippen LogP contribution in [0.2, 0.25) is 0 Å². The Balaban J connectivity index is 2.03. The van der Waals surface area contributed by atoms with E-state index in [9.17, 15) is 0 Å². The summed E-state index contributed by atoms with van der Waals surface area (Å²) in [4.78, 5) is 8.19. The van der Waals surface area contributed by atoms with Crippen molar-refractivity contribution in [3.8, 4) is 10.6 Å². The molecule has 1 aliphatic rings. The van der Waals surface area contributed by atoms with Gasteiger partial charge in [-0.25, -0.2) is 4.98 Å². The Morgan fingerprint density at radius 2 is 2.17 bits per heavy atom. The van der Waals surface area contributed by atoms with E-state index in [1.165, 1.54) is 16.0 Å². The summed E-state index contributed by atoms with van der Waals surface area (Å²) in [6.07, 6.45) is 11.8. The van der Waals surface area contributed by atoms with Gasteiger partial charge >= 0.3 is 0 Å². The summed E-state index contributed by atoms with van der Waals surface area (Å²) >= 11 is 3.39. The van der Waals surface area contributed by atoms with Crippen LogP contribution in [0.3, 0.4) is 0 Å². The lowest BCUT2D eigenvalue weighted by Crippen LogP contribution is -1.92. The second-order valence-corrected chi connectivity index (χ2v) is 7.62. The largest absolute Gasteiger partial charge is 0.397 e. The van der Waals surface area contributed by atoms with Crippen LogP contribution in [0.15, 0.2) is 54.0 Å². The molecule has 2 nitrogen and oxygen atoms in total. The first-order valence-corrected chi connectivity index (χ1v) is 9.21. The molecular formula is C19H16N2S2. The molecule has 23 heavy (non-hydrogen) atoms. The molecule has 0 aromatic carbocycles. The van der Waals surface area contributed by atoms with Gasteiger partial charge in [-0.3, -0.25) is 0 Å². The van der Waals surface area contributed by atoms with Crippen LogP contribution in [-0.2, 0) is 0 Å². The number of nitrogens with two attached hydrogens (primary N) is 1. The Kier molecular flexibility index (Phi) is 3.63. The molecule has 0 saturated heterocycles. The highest BCUT2D eigenvalue weighted by Crippen LogP contribution is 2.40. The predicted molar refractivity (Wildman–Crippen MR) is 103 cm³/mol. The third kappa shape index (κ3) is 2.54. The molecule has 3 aromatic heterocycles. The van der Waals surface area contributed by atoms with Crippen LogP contribution >= 0.6 is 22.7 Å². The molecule has 0 fully saturated rings. The van der Waals surface area contributed by atoms with E-state index >= 15 is 0 Å². The number of hydrogen-bond donors (Lipinski definition) is 1. The predicted octanol–water partition coefficient (Wildman–Crippen LogP) is 5.81. The molecule has 3 heterocycles. The molecule has 0 atom stereocenters. The Bertz CT molecular complexity index is 957. The molecule has 2 N–H and O–H groups in total. The summed E-state index contributed by atoms with van der Waals surface area (Å²) in [6.45, 7) is 2.06. The van der Waals surface area contributed by atoms with Gasteiger partial charge in [0.25, 0.3) is 0 Å². The maximum Gasteiger partial charge on any atom is 0.127 e. The fourth-order valence-corrected chi connectivity index (χ4v) is 4.42. The minimum Gasteiger partial charge on any atom is -0.397 e. The van der Waals surface area contributed by atoms with E-state index in [0.717, 1.165) is 32.9 Å². The van der Waals surface area contributed by atoms with Gasteiger partial charge in [-0.1, -0.05) is 36.4 Å². The van der Waals surface area contributed by atoms with Crippen LogP contribution in [0.5, 0.6) is 0 Å². The van der Waals surface area contributed by atoms with Crippen LogP contribution in [-0.4, -0.2) is 4.98 Å². The molecule has 114 valence electrons. The van der Waals surface area contributed by atoms with Crippen LogP contribution < -0.4 is 5.73 Å². The summed E-state index contributed by atoms with van der Waals surface area (Å²) in [5.74, 6) is 0. The minimum absolute atomic E-state index is 0.854. The molecule has 1 aliphatic carbocycles. The number of pyridine rings is 1. The van der Waals surface area contributed by atoms with Crippen LogP contribution in [0, 0.1) is 6.92 Å². The molecule has 4 rings (SSSR count). The molecule has 0 saturated carbocycles. The fourth-order valence-electron chi connectivity index (χ4n) is 2.77. The lowest BCUT2D eigenvalue weighted by atomic mass is 10.0. The van der Waals surface area contributed by atoms with E-state index in [2.05, 4.69) is 60.9 Å². The van der Waals surface area contributed by atoms with Crippen molar-refractivity contribution in [2.45, 2.75) is 13.3 Å². The smallest absolute Gasteiger partial charge is 0.127 e. The lowest BCUT2D eigenvalue weighted by Gasteiger charge is -2.08. The molecule has 0 unspecified atom stereocenters. The van der Waals surface area contributed by atoms with Crippen LogP contribution in [0.4, 0.5) is 5.69 Å². The first-order chi connectivity index (χ1) is 11.2. The van der Waals surface area contributed by atoms with E-state index in [0.29, 0.717) is 0 Å². The van der Waals surface area contributed by atoms with Gasteiger partial charge in [0.15, 0.2) is 0 Å². The van der Waals surface area contributed by atoms with E-state index in [1.807, 2.05) is 0 Å². The van der Waals surface area contributed by atoms with Gasteiger partial charge in [-0.2, -0.15) is 0 Å². The zero-order valence-corrected chi connectivity index (χ0v) is 14.4. The summed E-state index contributed by atoms with van der Waals surface area (Å²) in [5.41, 5.74) is 10.6. The number of fused-ring (bicyclic) bond motifs is 1. The summed E-state index contributed by atoms with van der Waals surface area (Å²) in [7, 11) is 0. The quantitative estimate of drug-likeness (QED) is 0.641. The number of rotatable bonds is 2. The molecule has 0 radical (unpaired) electrons. The zero-order chi connectivity index (χ0) is 15.8. The van der Waals surface area contributed by atoms with Gasteiger partial charge in [-0.15, -0.1) is 22.7 Å². The normalized spacial score (nSPS) is 14.2. The van der Waals surface area contributed by atoms with Crippen molar-refractivity contribution in [3.05, 3.63) is 64.4 Å². The van der Waals surface area contributed by atoms with Crippen molar-refractivity contribution >= 4 is 44.2 Å². The molecule has 0 bridgehead atoms. The second kappa shape index (κ2) is 5.80. The van der Waals surface area contributed by atoms with Gasteiger partial charge < -0.3 is 5.73 Å². The van der Waals surface area contributed by atoms with E-state index in [4.69, 9.17) is 10.7 Å². The molecule has 0 amide bonds. The highest BCUT2D eigenvalue weighted by atomic mass is 32.1. The number of anilines is 1. The Hall–Kier alpha value is -2.17. The van der Waals surface area contributed by atoms with E-state index < -0.39 is 0 Å². The maximum atomic E-state index is 6.36. The Morgan fingerprint density at radius 3 is 3.00 bits per heavy atom. The average Bonchev–Trinajstić information content (AvgIpc) is 3.08. The first kappa shape index (κ1) is 14.4. The van der Waals surface area contributed by atoms with Gasteiger partial charge in [-0.05, 0) is 42.0 Å². The maximum absolute atomic E-state index is 6.36. The number of thiophene rings is 2. The molecular weight excluding hydrogens is 320 g/mol. The lowest BCUT2D eigenvalue weighted by molar-refractivity contribution is 1.40. The van der Waals surface area contributed by atoms with E-state index in [1.54, 1.807) is 22.7 Å². The van der Waals surface area contributed by atoms with Crippen LogP contribution in [0.25, 0.3) is 26.4 Å². The first-order valence-electron chi connectivity index (χ1n) is 7.51. The Morgan fingerprint density at radius 1 is 1.26 bits per heavy atom. The molecule has 0 spiro atoms. The zero-order valence-electron chi connectivity index (χ0n) is 12.7. The van der Waals surface area contributed by atoms with Crippen molar-refractivity contribution in [2.24, 2.45) is 0 Å². The van der Waals surface area contributed by atoms with Gasteiger partial charge in [0.1, 0.15) is 4.83 Å². The van der Waals surface area contributed by atoms with Gasteiger partial charge in [0.05, 0.1) is 16.3 Å². The van der Waals surface area contributed by atoms with Gasteiger partial charge in [0, 0.05) is 10.3 Å². The standard InChI is InChI=1S/C19H16N2S2/c1-12-18(20)17-14(13-7-4-2-3-5-8-13)11-15(21-19(17)23-12)16-9-6-10-22-16/h2,4-11H,3,20H2,1H3. The highest BCUT2D eigenvalue weighted by Gasteiger charge is 2.16. The molecule has 3 aromatic rings. The summed E-state index contributed by atoms with van der Waals surface area (Å²) in [6, 6.07) is 6.35. The summed E-state index contributed by atoms with van der Waals surface area (Å²) in [5, 5.41) is 3.17. The number of nitrogens with zero attached hydrogens (tertiary/aromatic N) is 1. The molecule has 0 aliphatic heterocycles.